The van der Waals surface area contributed by atoms with Crippen molar-refractivity contribution in [1.29, 1.82) is 0 Å². The zero-order valence-electron chi connectivity index (χ0n) is 14.0. The van der Waals surface area contributed by atoms with Crippen LogP contribution < -0.4 is 5.32 Å². The van der Waals surface area contributed by atoms with E-state index in [0.29, 0.717) is 12.0 Å². The predicted molar refractivity (Wildman–Crippen MR) is 84.3 cm³/mol. The first kappa shape index (κ1) is 18.7. The van der Waals surface area contributed by atoms with E-state index < -0.39 is 23.9 Å². The van der Waals surface area contributed by atoms with E-state index in [-0.39, 0.29) is 24.5 Å². The van der Waals surface area contributed by atoms with Crippen molar-refractivity contribution in [2.24, 2.45) is 0 Å². The number of halogens is 3. The Bertz CT molecular complexity index is 596. The number of nitrogens with one attached hydrogen (secondary N) is 1. The third-order valence-corrected chi connectivity index (χ3v) is 3.84. The molecule has 24 heavy (non-hydrogen) atoms. The first-order valence-electron chi connectivity index (χ1n) is 7.86. The second-order valence-corrected chi connectivity index (χ2v) is 7.26. The van der Waals surface area contributed by atoms with Crippen molar-refractivity contribution >= 4 is 5.91 Å². The Hall–Kier alpha value is -1.60. The summed E-state index contributed by atoms with van der Waals surface area (Å²) in [6.07, 6.45) is -4.77. The minimum absolute atomic E-state index is 0.0369. The van der Waals surface area contributed by atoms with Crippen molar-refractivity contribution in [3.63, 3.8) is 0 Å². The van der Waals surface area contributed by atoms with E-state index in [4.69, 9.17) is 0 Å². The number of nitrogens with zero attached hydrogens (tertiary/aromatic N) is 1. The summed E-state index contributed by atoms with van der Waals surface area (Å²) in [4.78, 5) is 13.8. The number of carbonyl (C=O) groups is 1. The summed E-state index contributed by atoms with van der Waals surface area (Å²) < 4.78 is 38.7. The molecule has 0 bridgehead atoms. The van der Waals surface area contributed by atoms with Gasteiger partial charge in [0.25, 0.3) is 0 Å². The van der Waals surface area contributed by atoms with Gasteiger partial charge in [-0.15, -0.1) is 0 Å². The van der Waals surface area contributed by atoms with Crippen molar-refractivity contribution in [2.45, 2.75) is 51.1 Å². The van der Waals surface area contributed by atoms with E-state index >= 15 is 0 Å². The van der Waals surface area contributed by atoms with Crippen LogP contribution in [0.25, 0.3) is 0 Å². The van der Waals surface area contributed by atoms with Crippen LogP contribution in [0.5, 0.6) is 0 Å². The minimum Gasteiger partial charge on any atom is -0.392 e. The molecule has 7 heteroatoms. The standard InChI is InChI=1S/C17H23F3N2O2/c1-16(2,3)21-15(24)10-22-9-13(23)8-14(22)11-5-4-6-12(7-11)17(18,19)20/h4-7,13-14,23H,8-10H2,1-3H3,(H,21,24)/t13-,14-/m1/s1. The quantitative estimate of drug-likeness (QED) is 0.886. The lowest BCUT2D eigenvalue weighted by Gasteiger charge is -2.27. The Balaban J connectivity index is 2.17. The van der Waals surface area contributed by atoms with Gasteiger partial charge in [0.1, 0.15) is 0 Å². The van der Waals surface area contributed by atoms with Crippen LogP contribution in [-0.2, 0) is 11.0 Å². The van der Waals surface area contributed by atoms with Crippen LogP contribution in [0.4, 0.5) is 13.2 Å². The van der Waals surface area contributed by atoms with Crippen molar-refractivity contribution in [3.8, 4) is 0 Å². The van der Waals surface area contributed by atoms with Crippen LogP contribution in [0.15, 0.2) is 24.3 Å². The van der Waals surface area contributed by atoms with Gasteiger partial charge in [-0.25, -0.2) is 0 Å². The van der Waals surface area contributed by atoms with Crippen LogP contribution in [-0.4, -0.2) is 40.6 Å². The highest BCUT2D eigenvalue weighted by Crippen LogP contribution is 2.35. The highest BCUT2D eigenvalue weighted by molar-refractivity contribution is 5.78. The number of β-amino-alcohol motifs (C(OH)–C–C–N with tert-alkyl or cyclic N) is 1. The van der Waals surface area contributed by atoms with Crippen molar-refractivity contribution in [3.05, 3.63) is 35.4 Å². The first-order valence-corrected chi connectivity index (χ1v) is 7.86. The number of amides is 1. The molecule has 1 amide bonds. The van der Waals surface area contributed by atoms with Crippen LogP contribution >= 0.6 is 0 Å². The summed E-state index contributed by atoms with van der Waals surface area (Å²) in [5.74, 6) is -0.214. The molecule has 0 aromatic heterocycles. The fourth-order valence-corrected chi connectivity index (χ4v) is 2.97. The number of likely N-dealkylation sites (tertiary alicyclic amines) is 1. The molecule has 2 rings (SSSR count). The van der Waals surface area contributed by atoms with Gasteiger partial charge in [-0.1, -0.05) is 12.1 Å². The van der Waals surface area contributed by atoms with Gasteiger partial charge in [0.2, 0.25) is 5.91 Å². The molecule has 0 aliphatic carbocycles. The monoisotopic (exact) mass is 344 g/mol. The van der Waals surface area contributed by atoms with Gasteiger partial charge in [0.15, 0.2) is 0 Å². The number of aliphatic hydroxyl groups excluding tert-OH is 1. The van der Waals surface area contributed by atoms with E-state index in [2.05, 4.69) is 5.32 Å². The summed E-state index contributed by atoms with van der Waals surface area (Å²) in [7, 11) is 0. The smallest absolute Gasteiger partial charge is 0.392 e. The highest BCUT2D eigenvalue weighted by Gasteiger charge is 2.36. The zero-order chi connectivity index (χ0) is 18.1. The number of hydrogen-bond donors (Lipinski definition) is 2. The highest BCUT2D eigenvalue weighted by atomic mass is 19.4. The van der Waals surface area contributed by atoms with Crippen LogP contribution in [0, 0.1) is 0 Å². The maximum absolute atomic E-state index is 12.9. The average molecular weight is 344 g/mol. The van der Waals surface area contributed by atoms with Crippen molar-refractivity contribution < 1.29 is 23.1 Å². The molecule has 0 unspecified atom stereocenters. The summed E-state index contributed by atoms with van der Waals surface area (Å²) in [5.41, 5.74) is -0.647. The molecule has 0 spiro atoms. The average Bonchev–Trinajstić information content (AvgIpc) is 2.76. The number of hydrogen-bond acceptors (Lipinski definition) is 3. The molecule has 1 aromatic carbocycles. The van der Waals surface area contributed by atoms with Gasteiger partial charge in [-0.2, -0.15) is 13.2 Å². The van der Waals surface area contributed by atoms with Crippen LogP contribution in [0.2, 0.25) is 0 Å². The van der Waals surface area contributed by atoms with Crippen LogP contribution in [0.3, 0.4) is 0 Å². The number of carbonyl (C=O) groups excluding carboxylic acids is 1. The summed E-state index contributed by atoms with van der Waals surface area (Å²) in [6, 6.07) is 4.67. The molecule has 4 nitrogen and oxygen atoms in total. The lowest BCUT2D eigenvalue weighted by Crippen LogP contribution is -2.46. The largest absolute Gasteiger partial charge is 0.416 e. The number of aliphatic hydroxyl groups is 1. The van der Waals surface area contributed by atoms with E-state index in [1.54, 1.807) is 11.0 Å². The molecule has 2 N–H and O–H groups in total. The number of rotatable bonds is 3. The molecule has 1 aromatic rings. The Morgan fingerprint density at radius 3 is 2.58 bits per heavy atom. The normalized spacial score (nSPS) is 22.6. The third kappa shape index (κ3) is 4.95. The van der Waals surface area contributed by atoms with E-state index in [9.17, 15) is 23.1 Å². The van der Waals surface area contributed by atoms with E-state index in [0.717, 1.165) is 12.1 Å². The molecule has 134 valence electrons. The fourth-order valence-electron chi connectivity index (χ4n) is 2.97. The van der Waals surface area contributed by atoms with Gasteiger partial charge in [0, 0.05) is 18.1 Å². The van der Waals surface area contributed by atoms with Crippen LogP contribution in [0.1, 0.15) is 44.4 Å². The van der Waals surface area contributed by atoms with Gasteiger partial charge < -0.3 is 10.4 Å². The molecule has 0 radical (unpaired) electrons. The van der Waals surface area contributed by atoms with Crippen molar-refractivity contribution in [2.75, 3.05) is 13.1 Å². The van der Waals surface area contributed by atoms with Gasteiger partial charge in [-0.05, 0) is 44.9 Å². The SMILES string of the molecule is CC(C)(C)NC(=O)CN1C[C@H](O)C[C@@H]1c1cccc(C(F)(F)F)c1. The minimum atomic E-state index is -4.42. The molecule has 1 fully saturated rings. The predicted octanol–water partition coefficient (Wildman–Crippen LogP) is 2.73. The Morgan fingerprint density at radius 2 is 2.00 bits per heavy atom. The van der Waals surface area contributed by atoms with Gasteiger partial charge >= 0.3 is 6.18 Å². The first-order chi connectivity index (χ1) is 11.0. The molecule has 2 atom stereocenters. The Morgan fingerprint density at radius 1 is 1.33 bits per heavy atom. The number of alkyl halides is 3. The maximum atomic E-state index is 12.9. The molecule has 1 heterocycles. The summed E-state index contributed by atoms with van der Waals surface area (Å²) in [6.45, 7) is 5.86. The Kier molecular flexibility index (Phi) is 5.25. The summed E-state index contributed by atoms with van der Waals surface area (Å²) in [5, 5.41) is 12.7. The fraction of sp³-hybridized carbons (Fsp3) is 0.588. The topological polar surface area (TPSA) is 52.6 Å². The molecule has 1 saturated heterocycles. The number of benzene rings is 1. The van der Waals surface area contributed by atoms with Gasteiger partial charge in [0.05, 0.1) is 18.2 Å². The Labute approximate surface area is 139 Å². The second-order valence-electron chi connectivity index (χ2n) is 7.26. The van der Waals surface area contributed by atoms with Crippen molar-refractivity contribution in [1.82, 2.24) is 10.2 Å². The summed E-state index contributed by atoms with van der Waals surface area (Å²) >= 11 is 0. The third-order valence-electron chi connectivity index (χ3n) is 3.84. The second kappa shape index (κ2) is 6.72. The molecule has 0 saturated carbocycles. The molecule has 1 aliphatic heterocycles. The van der Waals surface area contributed by atoms with E-state index in [1.807, 2.05) is 20.8 Å². The molecular formula is C17H23F3N2O2. The van der Waals surface area contributed by atoms with Gasteiger partial charge in [-0.3, -0.25) is 9.69 Å². The lowest BCUT2D eigenvalue weighted by molar-refractivity contribution is -0.137. The lowest BCUT2D eigenvalue weighted by atomic mass is 10.0. The van der Waals surface area contributed by atoms with E-state index in [1.165, 1.54) is 6.07 Å². The zero-order valence-corrected chi connectivity index (χ0v) is 14.0. The molecule has 1 aliphatic rings. The maximum Gasteiger partial charge on any atom is 0.416 e. The molecular weight excluding hydrogens is 321 g/mol.